The maximum atomic E-state index is 10.1. The molecule has 1 aromatic rings. The third-order valence-electron chi connectivity index (χ3n) is 1.14. The van der Waals surface area contributed by atoms with Crippen molar-refractivity contribution in [1.82, 2.24) is 9.78 Å². The molecule has 10 heavy (non-hydrogen) atoms. The number of aromatic nitrogens is 2. The van der Waals surface area contributed by atoms with E-state index >= 15 is 0 Å². The summed E-state index contributed by atoms with van der Waals surface area (Å²) in [4.78, 5) is 10.1. The molecular formula is C6H7N2O2. The van der Waals surface area contributed by atoms with Gasteiger partial charge in [-0.05, 0) is 13.0 Å². The van der Waals surface area contributed by atoms with Crippen LogP contribution in [0.15, 0.2) is 6.07 Å². The van der Waals surface area contributed by atoms with Crippen molar-refractivity contribution in [2.75, 3.05) is 0 Å². The Morgan fingerprint density at radius 3 is 3.10 bits per heavy atom. The zero-order valence-corrected chi connectivity index (χ0v) is 5.53. The molecule has 0 aliphatic rings. The molecule has 0 fully saturated rings. The van der Waals surface area contributed by atoms with Gasteiger partial charge in [0.15, 0.2) is 0 Å². The molecule has 0 unspecified atom stereocenters. The highest BCUT2D eigenvalue weighted by molar-refractivity contribution is 5.66. The summed E-state index contributed by atoms with van der Waals surface area (Å²) in [6.07, 6.45) is 2.55. The summed E-state index contributed by atoms with van der Waals surface area (Å²) < 4.78 is 1.38. The van der Waals surface area contributed by atoms with Crippen LogP contribution < -0.4 is 0 Å². The van der Waals surface area contributed by atoms with E-state index in [2.05, 4.69) is 11.3 Å². The molecule has 4 nitrogen and oxygen atoms in total. The van der Waals surface area contributed by atoms with Crippen molar-refractivity contribution in [3.63, 3.8) is 0 Å². The van der Waals surface area contributed by atoms with E-state index in [-0.39, 0.29) is 6.54 Å². The summed E-state index contributed by atoms with van der Waals surface area (Å²) in [5.74, 6) is -0.889. The molecule has 0 spiro atoms. The van der Waals surface area contributed by atoms with Gasteiger partial charge in [-0.25, -0.2) is 0 Å². The first kappa shape index (κ1) is 6.80. The van der Waals surface area contributed by atoms with Crippen molar-refractivity contribution in [3.8, 4) is 0 Å². The van der Waals surface area contributed by atoms with Gasteiger partial charge < -0.3 is 5.11 Å². The summed E-state index contributed by atoms with van der Waals surface area (Å²) in [5.41, 5.74) is 0.808. The molecular weight excluding hydrogens is 132 g/mol. The predicted molar refractivity (Wildman–Crippen MR) is 33.4 cm³/mol. The first-order chi connectivity index (χ1) is 4.70. The van der Waals surface area contributed by atoms with Crippen LogP contribution in [0.3, 0.4) is 0 Å². The lowest BCUT2D eigenvalue weighted by atomic mass is 10.5. The first-order valence-corrected chi connectivity index (χ1v) is 2.82. The van der Waals surface area contributed by atoms with Crippen molar-refractivity contribution in [3.05, 3.63) is 18.0 Å². The average molecular weight is 139 g/mol. The summed E-state index contributed by atoms with van der Waals surface area (Å²) in [6.45, 7) is 1.70. The Balaban J connectivity index is 2.74. The number of hydrogen-bond acceptors (Lipinski definition) is 2. The third kappa shape index (κ3) is 1.34. The Hall–Kier alpha value is -1.32. The number of aliphatic carboxylic acids is 1. The van der Waals surface area contributed by atoms with Crippen LogP contribution >= 0.6 is 0 Å². The van der Waals surface area contributed by atoms with Crippen molar-refractivity contribution >= 4 is 5.97 Å². The molecule has 0 atom stereocenters. The van der Waals surface area contributed by atoms with Gasteiger partial charge in [0.05, 0.1) is 0 Å². The van der Waals surface area contributed by atoms with E-state index in [0.717, 1.165) is 5.69 Å². The minimum Gasteiger partial charge on any atom is -0.480 e. The first-order valence-electron chi connectivity index (χ1n) is 2.82. The average Bonchev–Trinajstić information content (AvgIpc) is 2.15. The predicted octanol–water partition coefficient (Wildman–Crippen LogP) is 0.0763. The molecule has 0 aliphatic carbocycles. The van der Waals surface area contributed by atoms with Gasteiger partial charge in [-0.1, -0.05) is 0 Å². The Morgan fingerprint density at radius 1 is 2.00 bits per heavy atom. The highest BCUT2D eigenvalue weighted by Crippen LogP contribution is 1.93. The fourth-order valence-corrected chi connectivity index (χ4v) is 0.634. The van der Waals surface area contributed by atoms with Gasteiger partial charge in [0.2, 0.25) is 0 Å². The quantitative estimate of drug-likeness (QED) is 0.631. The smallest absolute Gasteiger partial charge is 0.325 e. The lowest BCUT2D eigenvalue weighted by Crippen LogP contribution is -2.10. The van der Waals surface area contributed by atoms with Crippen molar-refractivity contribution in [2.24, 2.45) is 0 Å². The van der Waals surface area contributed by atoms with E-state index in [4.69, 9.17) is 5.11 Å². The number of carboxylic acids is 1. The van der Waals surface area contributed by atoms with E-state index < -0.39 is 5.97 Å². The number of hydrogen-bond donors (Lipinski definition) is 1. The molecule has 0 aliphatic heterocycles. The zero-order valence-electron chi connectivity index (χ0n) is 5.53. The van der Waals surface area contributed by atoms with Crippen LogP contribution in [0.1, 0.15) is 5.69 Å². The minimum absolute atomic E-state index is 0.0880. The number of rotatable bonds is 2. The van der Waals surface area contributed by atoms with Gasteiger partial charge in [0.1, 0.15) is 12.7 Å². The number of carboxylic acid groups (broad SMARTS) is 1. The lowest BCUT2D eigenvalue weighted by Gasteiger charge is -1.96. The molecule has 1 heterocycles. The Kier molecular flexibility index (Phi) is 1.71. The SMILES string of the molecule is Cc1c[c]nn1CC(=O)O. The molecule has 53 valence electrons. The minimum atomic E-state index is -0.889. The fraction of sp³-hybridized carbons (Fsp3) is 0.333. The van der Waals surface area contributed by atoms with Crippen LogP contribution in [0.5, 0.6) is 0 Å². The van der Waals surface area contributed by atoms with Crippen LogP contribution in [0.25, 0.3) is 0 Å². The second kappa shape index (κ2) is 2.51. The monoisotopic (exact) mass is 139 g/mol. The van der Waals surface area contributed by atoms with Crippen LogP contribution in [0.2, 0.25) is 0 Å². The van der Waals surface area contributed by atoms with Crippen molar-refractivity contribution in [1.29, 1.82) is 0 Å². The number of nitrogens with zero attached hydrogens (tertiary/aromatic N) is 2. The Morgan fingerprint density at radius 2 is 2.70 bits per heavy atom. The number of carbonyl (C=O) groups is 1. The Labute approximate surface area is 58.1 Å². The zero-order chi connectivity index (χ0) is 7.56. The second-order valence-corrected chi connectivity index (χ2v) is 1.97. The van der Waals surface area contributed by atoms with E-state index in [1.165, 1.54) is 4.68 Å². The van der Waals surface area contributed by atoms with Crippen LogP contribution in [0.4, 0.5) is 0 Å². The van der Waals surface area contributed by atoms with E-state index in [1.54, 1.807) is 13.0 Å². The maximum Gasteiger partial charge on any atom is 0.325 e. The molecule has 1 radical (unpaired) electrons. The van der Waals surface area contributed by atoms with Gasteiger partial charge in [-0.3, -0.25) is 9.48 Å². The molecule has 0 saturated carbocycles. The summed E-state index contributed by atoms with van der Waals surface area (Å²) in [7, 11) is 0. The van der Waals surface area contributed by atoms with E-state index in [0.29, 0.717) is 0 Å². The van der Waals surface area contributed by atoms with Crippen molar-refractivity contribution < 1.29 is 9.90 Å². The molecule has 0 amide bonds. The molecule has 1 aromatic heterocycles. The topological polar surface area (TPSA) is 55.1 Å². The standard InChI is InChI=1S/C6H7N2O2/c1-5-2-3-7-8(5)4-6(9)10/h2H,4H2,1H3,(H,9,10). The van der Waals surface area contributed by atoms with Gasteiger partial charge in [0, 0.05) is 5.69 Å². The molecule has 0 aromatic carbocycles. The van der Waals surface area contributed by atoms with E-state index in [9.17, 15) is 4.79 Å². The summed E-state index contributed by atoms with van der Waals surface area (Å²) >= 11 is 0. The molecule has 4 heteroatoms. The lowest BCUT2D eigenvalue weighted by molar-refractivity contribution is -0.137. The Bertz CT molecular complexity index is 242. The molecule has 1 N–H and O–H groups in total. The second-order valence-electron chi connectivity index (χ2n) is 1.97. The molecule has 0 saturated heterocycles. The third-order valence-corrected chi connectivity index (χ3v) is 1.14. The van der Waals surface area contributed by atoms with Crippen molar-refractivity contribution in [2.45, 2.75) is 13.5 Å². The van der Waals surface area contributed by atoms with E-state index in [1.807, 2.05) is 0 Å². The van der Waals surface area contributed by atoms with Gasteiger partial charge in [-0.2, -0.15) is 5.10 Å². The largest absolute Gasteiger partial charge is 0.480 e. The maximum absolute atomic E-state index is 10.1. The fourth-order valence-electron chi connectivity index (χ4n) is 0.634. The molecule has 0 bridgehead atoms. The van der Waals surface area contributed by atoms with Crippen LogP contribution in [0, 0.1) is 13.1 Å². The van der Waals surface area contributed by atoms with Gasteiger partial charge in [-0.15, -0.1) is 0 Å². The van der Waals surface area contributed by atoms with Crippen LogP contribution in [-0.2, 0) is 11.3 Å². The summed E-state index contributed by atoms with van der Waals surface area (Å²) in [5, 5.41) is 12.0. The highest BCUT2D eigenvalue weighted by atomic mass is 16.4. The number of aryl methyl sites for hydroxylation is 1. The highest BCUT2D eigenvalue weighted by Gasteiger charge is 2.00. The van der Waals surface area contributed by atoms with Gasteiger partial charge >= 0.3 is 5.97 Å². The normalized spacial score (nSPS) is 9.70. The summed E-state index contributed by atoms with van der Waals surface area (Å²) in [6, 6.07) is 1.64. The van der Waals surface area contributed by atoms with Crippen LogP contribution in [-0.4, -0.2) is 20.9 Å². The van der Waals surface area contributed by atoms with Gasteiger partial charge in [0.25, 0.3) is 0 Å². The molecule has 1 rings (SSSR count).